The molecule has 0 unspecified atom stereocenters. The standard InChI is InChI=1S/C13H8F3N5/c14-13(15,16)8-4-2-5-18-9(8)12-20-10(17)7-3-1-6-19-11(7)21-12/h1-6H,(H2,17,19,20,21). The van der Waals surface area contributed by atoms with Crippen LogP contribution >= 0.6 is 0 Å². The SMILES string of the molecule is Nc1nc(-c2ncccc2C(F)(F)F)nc2ncccc12. The van der Waals surface area contributed by atoms with Crippen LogP contribution in [0.4, 0.5) is 19.0 Å². The summed E-state index contributed by atoms with van der Waals surface area (Å²) >= 11 is 0. The number of pyridine rings is 2. The predicted octanol–water partition coefficient (Wildman–Crippen LogP) is 2.69. The van der Waals surface area contributed by atoms with Crippen molar-refractivity contribution in [3.8, 4) is 11.5 Å². The lowest BCUT2D eigenvalue weighted by atomic mass is 10.1. The molecule has 0 aliphatic rings. The van der Waals surface area contributed by atoms with Crippen LogP contribution in [-0.2, 0) is 6.18 Å². The summed E-state index contributed by atoms with van der Waals surface area (Å²) in [4.78, 5) is 15.6. The molecule has 5 nitrogen and oxygen atoms in total. The Bertz CT molecular complexity index is 816. The first-order chi connectivity index (χ1) is 9.97. The summed E-state index contributed by atoms with van der Waals surface area (Å²) in [6.07, 6.45) is -1.84. The molecule has 106 valence electrons. The Balaban J connectivity index is 2.27. The van der Waals surface area contributed by atoms with Crippen molar-refractivity contribution < 1.29 is 13.2 Å². The molecule has 2 N–H and O–H groups in total. The number of hydrogen-bond acceptors (Lipinski definition) is 5. The first kappa shape index (κ1) is 13.2. The topological polar surface area (TPSA) is 77.6 Å². The van der Waals surface area contributed by atoms with E-state index in [1.54, 1.807) is 12.1 Å². The minimum absolute atomic E-state index is 0.0573. The van der Waals surface area contributed by atoms with Crippen LogP contribution in [-0.4, -0.2) is 19.9 Å². The van der Waals surface area contributed by atoms with Gasteiger partial charge < -0.3 is 5.73 Å². The third-order valence-electron chi connectivity index (χ3n) is 2.83. The highest BCUT2D eigenvalue weighted by Crippen LogP contribution is 2.35. The number of nitrogen functional groups attached to an aromatic ring is 1. The minimum atomic E-state index is -4.55. The zero-order valence-corrected chi connectivity index (χ0v) is 10.5. The van der Waals surface area contributed by atoms with Crippen LogP contribution in [0.5, 0.6) is 0 Å². The van der Waals surface area contributed by atoms with Gasteiger partial charge in [-0.25, -0.2) is 15.0 Å². The van der Waals surface area contributed by atoms with Gasteiger partial charge in [-0.1, -0.05) is 0 Å². The fourth-order valence-electron chi connectivity index (χ4n) is 1.90. The van der Waals surface area contributed by atoms with Crippen molar-refractivity contribution in [2.75, 3.05) is 5.73 Å². The van der Waals surface area contributed by atoms with E-state index in [1.165, 1.54) is 18.5 Å². The summed E-state index contributed by atoms with van der Waals surface area (Å²) in [5, 5.41) is 0.478. The Kier molecular flexibility index (Phi) is 2.93. The molecule has 0 saturated heterocycles. The van der Waals surface area contributed by atoms with Crippen molar-refractivity contribution in [1.82, 2.24) is 19.9 Å². The molecule has 8 heteroatoms. The van der Waals surface area contributed by atoms with Crippen molar-refractivity contribution in [3.63, 3.8) is 0 Å². The number of anilines is 1. The van der Waals surface area contributed by atoms with E-state index in [9.17, 15) is 13.2 Å². The summed E-state index contributed by atoms with van der Waals surface area (Å²) in [5.41, 5.74) is 4.69. The second-order valence-corrected chi connectivity index (χ2v) is 4.20. The number of nitrogens with zero attached hydrogens (tertiary/aromatic N) is 4. The molecule has 0 aromatic carbocycles. The molecular weight excluding hydrogens is 283 g/mol. The van der Waals surface area contributed by atoms with Crippen LogP contribution in [0.2, 0.25) is 0 Å². The van der Waals surface area contributed by atoms with E-state index in [-0.39, 0.29) is 23.0 Å². The zero-order chi connectivity index (χ0) is 15.0. The van der Waals surface area contributed by atoms with Crippen molar-refractivity contribution in [1.29, 1.82) is 0 Å². The number of aromatic nitrogens is 4. The molecule has 0 bridgehead atoms. The highest BCUT2D eigenvalue weighted by atomic mass is 19.4. The Morgan fingerprint density at radius 2 is 1.67 bits per heavy atom. The van der Waals surface area contributed by atoms with Gasteiger partial charge in [-0.2, -0.15) is 13.2 Å². The van der Waals surface area contributed by atoms with Crippen molar-refractivity contribution in [2.45, 2.75) is 6.18 Å². The highest BCUT2D eigenvalue weighted by Gasteiger charge is 2.35. The maximum Gasteiger partial charge on any atom is 0.418 e. The third kappa shape index (κ3) is 2.35. The average Bonchev–Trinajstić information content (AvgIpc) is 2.46. The van der Waals surface area contributed by atoms with Crippen LogP contribution in [0.25, 0.3) is 22.6 Å². The Hall–Kier alpha value is -2.77. The maximum absolute atomic E-state index is 13.0. The van der Waals surface area contributed by atoms with E-state index in [1.807, 2.05) is 0 Å². The summed E-state index contributed by atoms with van der Waals surface area (Å²) in [6, 6.07) is 5.41. The van der Waals surface area contributed by atoms with Crippen molar-refractivity contribution in [2.24, 2.45) is 0 Å². The summed E-state index contributed by atoms with van der Waals surface area (Å²) < 4.78 is 39.0. The lowest BCUT2D eigenvalue weighted by Crippen LogP contribution is -2.10. The van der Waals surface area contributed by atoms with Crippen LogP contribution in [0.1, 0.15) is 5.56 Å². The third-order valence-corrected chi connectivity index (χ3v) is 2.83. The summed E-state index contributed by atoms with van der Waals surface area (Å²) in [7, 11) is 0. The molecule has 0 aliphatic heterocycles. The van der Waals surface area contributed by atoms with Crippen molar-refractivity contribution >= 4 is 16.9 Å². The normalized spacial score (nSPS) is 11.8. The first-order valence-electron chi connectivity index (χ1n) is 5.87. The number of alkyl halides is 3. The molecule has 3 heterocycles. The Morgan fingerprint density at radius 3 is 2.43 bits per heavy atom. The van der Waals surface area contributed by atoms with Crippen molar-refractivity contribution in [3.05, 3.63) is 42.2 Å². The van der Waals surface area contributed by atoms with Gasteiger partial charge in [0.1, 0.15) is 11.5 Å². The van der Waals surface area contributed by atoms with E-state index in [4.69, 9.17) is 5.73 Å². The van der Waals surface area contributed by atoms with Gasteiger partial charge in [-0.15, -0.1) is 0 Å². The van der Waals surface area contributed by atoms with Crippen LogP contribution in [0, 0.1) is 0 Å². The van der Waals surface area contributed by atoms with Gasteiger partial charge in [-0.3, -0.25) is 4.98 Å². The lowest BCUT2D eigenvalue weighted by Gasteiger charge is -2.11. The second kappa shape index (κ2) is 4.65. The van der Waals surface area contributed by atoms with Crippen LogP contribution in [0.15, 0.2) is 36.7 Å². The number of nitrogens with two attached hydrogens (primary N) is 1. The predicted molar refractivity (Wildman–Crippen MR) is 70.0 cm³/mol. The molecule has 0 aliphatic carbocycles. The lowest BCUT2D eigenvalue weighted by molar-refractivity contribution is -0.137. The molecule has 21 heavy (non-hydrogen) atoms. The maximum atomic E-state index is 13.0. The molecule has 0 spiro atoms. The molecule has 3 aromatic rings. The Morgan fingerprint density at radius 1 is 0.952 bits per heavy atom. The average molecular weight is 291 g/mol. The molecule has 0 amide bonds. The van der Waals surface area contributed by atoms with Gasteiger partial charge in [0, 0.05) is 12.4 Å². The quantitative estimate of drug-likeness (QED) is 0.745. The fraction of sp³-hybridized carbons (Fsp3) is 0.0769. The molecule has 3 rings (SSSR count). The van der Waals surface area contributed by atoms with Crippen LogP contribution in [0.3, 0.4) is 0 Å². The minimum Gasteiger partial charge on any atom is -0.383 e. The van der Waals surface area contributed by atoms with Gasteiger partial charge in [0.05, 0.1) is 10.9 Å². The number of hydrogen-bond donors (Lipinski definition) is 1. The monoisotopic (exact) mass is 291 g/mol. The summed E-state index contributed by atoms with van der Waals surface area (Å²) in [6.45, 7) is 0. The number of halogens is 3. The number of rotatable bonds is 1. The first-order valence-corrected chi connectivity index (χ1v) is 5.87. The van der Waals surface area contributed by atoms with Gasteiger partial charge in [0.15, 0.2) is 11.5 Å². The second-order valence-electron chi connectivity index (χ2n) is 4.20. The van der Waals surface area contributed by atoms with Crippen LogP contribution < -0.4 is 5.73 Å². The zero-order valence-electron chi connectivity index (χ0n) is 10.5. The highest BCUT2D eigenvalue weighted by molar-refractivity contribution is 5.86. The van der Waals surface area contributed by atoms with E-state index >= 15 is 0 Å². The van der Waals surface area contributed by atoms with Gasteiger partial charge in [-0.05, 0) is 24.3 Å². The van der Waals surface area contributed by atoms with E-state index in [0.717, 1.165) is 6.07 Å². The van der Waals surface area contributed by atoms with E-state index in [2.05, 4.69) is 19.9 Å². The Labute approximate surface area is 116 Å². The van der Waals surface area contributed by atoms with Gasteiger partial charge in [0.25, 0.3) is 0 Å². The molecule has 0 fully saturated rings. The largest absolute Gasteiger partial charge is 0.418 e. The van der Waals surface area contributed by atoms with Gasteiger partial charge in [0.2, 0.25) is 0 Å². The molecule has 0 radical (unpaired) electrons. The van der Waals surface area contributed by atoms with E-state index in [0.29, 0.717) is 5.39 Å². The smallest absolute Gasteiger partial charge is 0.383 e. The molecule has 0 saturated carbocycles. The molecule has 3 aromatic heterocycles. The molecule has 0 atom stereocenters. The summed E-state index contributed by atoms with van der Waals surface area (Å²) in [5.74, 6) is -0.145. The number of fused-ring (bicyclic) bond motifs is 1. The molecular formula is C13H8F3N5. The fourth-order valence-corrected chi connectivity index (χ4v) is 1.90. The van der Waals surface area contributed by atoms with Gasteiger partial charge >= 0.3 is 6.18 Å². The van der Waals surface area contributed by atoms with E-state index < -0.39 is 11.7 Å².